The first kappa shape index (κ1) is 15.3. The molecule has 0 saturated carbocycles. The van der Waals surface area contributed by atoms with Gasteiger partial charge in [0, 0.05) is 13.1 Å². The van der Waals surface area contributed by atoms with E-state index in [9.17, 15) is 13.2 Å². The number of benzene rings is 1. The zero-order valence-corrected chi connectivity index (χ0v) is 13.6. The summed E-state index contributed by atoms with van der Waals surface area (Å²) in [4.78, 5) is 11.7. The van der Waals surface area contributed by atoms with Crippen LogP contribution >= 0.6 is 11.7 Å². The Bertz CT molecular complexity index is 794. The highest BCUT2D eigenvalue weighted by Gasteiger charge is 2.33. The number of esters is 1. The Morgan fingerprint density at radius 3 is 2.73 bits per heavy atom. The monoisotopic (exact) mass is 341 g/mol. The van der Waals surface area contributed by atoms with Gasteiger partial charge in [-0.2, -0.15) is 13.1 Å². The Labute approximate surface area is 132 Å². The first-order chi connectivity index (χ1) is 10.5. The predicted octanol–water partition coefficient (Wildman–Crippen LogP) is 1.26. The summed E-state index contributed by atoms with van der Waals surface area (Å²) in [5, 5.41) is 0. The van der Waals surface area contributed by atoms with Crippen molar-refractivity contribution < 1.29 is 17.9 Å². The van der Waals surface area contributed by atoms with Crippen LogP contribution in [0.15, 0.2) is 23.1 Å². The largest absolute Gasteiger partial charge is 0.469 e. The number of hydrogen-bond donors (Lipinski definition) is 0. The molecule has 1 saturated heterocycles. The number of fused-ring (bicyclic) bond motifs is 1. The van der Waals surface area contributed by atoms with E-state index in [0.29, 0.717) is 37.0 Å². The van der Waals surface area contributed by atoms with Crippen molar-refractivity contribution in [3.05, 3.63) is 18.2 Å². The van der Waals surface area contributed by atoms with Gasteiger partial charge in [0.2, 0.25) is 10.0 Å². The summed E-state index contributed by atoms with van der Waals surface area (Å²) in [7, 11) is -2.28. The molecule has 1 aliphatic rings. The Morgan fingerprint density at radius 2 is 2.05 bits per heavy atom. The molecule has 9 heteroatoms. The van der Waals surface area contributed by atoms with Crippen LogP contribution in [0.25, 0.3) is 11.0 Å². The lowest BCUT2D eigenvalue weighted by Crippen LogP contribution is -2.40. The Morgan fingerprint density at radius 1 is 1.32 bits per heavy atom. The summed E-state index contributed by atoms with van der Waals surface area (Å²) < 4.78 is 39.9. The topological polar surface area (TPSA) is 89.5 Å². The van der Waals surface area contributed by atoms with Crippen molar-refractivity contribution in [2.75, 3.05) is 20.2 Å². The number of rotatable bonds is 3. The zero-order valence-electron chi connectivity index (χ0n) is 11.9. The molecule has 0 unspecified atom stereocenters. The van der Waals surface area contributed by atoms with Crippen LogP contribution in [0.4, 0.5) is 0 Å². The third-order valence-corrected chi connectivity index (χ3v) is 6.33. The molecule has 3 rings (SSSR count). The van der Waals surface area contributed by atoms with Gasteiger partial charge in [0.05, 0.1) is 24.8 Å². The summed E-state index contributed by atoms with van der Waals surface area (Å²) in [6.45, 7) is 0.603. The lowest BCUT2D eigenvalue weighted by molar-refractivity contribution is -0.146. The van der Waals surface area contributed by atoms with Gasteiger partial charge < -0.3 is 4.74 Å². The molecule has 2 heterocycles. The molecule has 22 heavy (non-hydrogen) atoms. The fourth-order valence-corrected chi connectivity index (χ4v) is 4.85. The number of sulfonamides is 1. The number of carbonyl (C=O) groups is 1. The molecule has 0 atom stereocenters. The van der Waals surface area contributed by atoms with Gasteiger partial charge in [-0.05, 0) is 25.0 Å². The van der Waals surface area contributed by atoms with Crippen LogP contribution in [0.3, 0.4) is 0 Å². The highest BCUT2D eigenvalue weighted by molar-refractivity contribution is 7.89. The maximum Gasteiger partial charge on any atom is 0.308 e. The summed E-state index contributed by atoms with van der Waals surface area (Å²) in [6, 6.07) is 4.95. The van der Waals surface area contributed by atoms with Gasteiger partial charge in [0.25, 0.3) is 0 Å². The lowest BCUT2D eigenvalue weighted by Gasteiger charge is -2.29. The van der Waals surface area contributed by atoms with Crippen LogP contribution in [0.5, 0.6) is 0 Å². The summed E-state index contributed by atoms with van der Waals surface area (Å²) >= 11 is 0.993. The molecule has 0 spiro atoms. The molecular weight excluding hydrogens is 326 g/mol. The van der Waals surface area contributed by atoms with Crippen LogP contribution in [0.2, 0.25) is 0 Å². The van der Waals surface area contributed by atoms with Gasteiger partial charge in [0.15, 0.2) is 0 Å². The van der Waals surface area contributed by atoms with Gasteiger partial charge in [0.1, 0.15) is 15.9 Å². The maximum absolute atomic E-state index is 12.8. The van der Waals surface area contributed by atoms with Crippen LogP contribution in [-0.4, -0.2) is 47.6 Å². The zero-order chi connectivity index (χ0) is 15.7. The number of carbonyl (C=O) groups excluding carboxylic acids is 1. The first-order valence-electron chi connectivity index (χ1n) is 6.83. The standard InChI is InChI=1S/C13H15N3O4S2/c1-20-13(17)9-5-7-16(8-6-9)22(18,19)11-4-2-3-10-12(11)15-21-14-10/h2-4,9H,5-8H2,1H3. The molecule has 118 valence electrons. The molecule has 1 fully saturated rings. The van der Waals surface area contributed by atoms with Crippen molar-refractivity contribution in [2.24, 2.45) is 5.92 Å². The predicted molar refractivity (Wildman–Crippen MR) is 80.9 cm³/mol. The molecule has 0 aliphatic carbocycles. The van der Waals surface area contributed by atoms with Crippen LogP contribution in [0.1, 0.15) is 12.8 Å². The van der Waals surface area contributed by atoms with Crippen molar-refractivity contribution in [3.63, 3.8) is 0 Å². The molecule has 1 aromatic heterocycles. The smallest absolute Gasteiger partial charge is 0.308 e. The molecule has 0 bridgehead atoms. The van der Waals surface area contributed by atoms with E-state index in [2.05, 4.69) is 8.75 Å². The number of piperidine rings is 1. The average molecular weight is 341 g/mol. The minimum atomic E-state index is -3.63. The van der Waals surface area contributed by atoms with Crippen molar-refractivity contribution in [1.29, 1.82) is 0 Å². The third-order valence-electron chi connectivity index (χ3n) is 3.86. The minimum absolute atomic E-state index is 0.176. The lowest BCUT2D eigenvalue weighted by atomic mass is 9.99. The van der Waals surface area contributed by atoms with E-state index in [1.807, 2.05) is 0 Å². The highest BCUT2D eigenvalue weighted by atomic mass is 32.2. The van der Waals surface area contributed by atoms with Gasteiger partial charge in [-0.25, -0.2) is 8.42 Å². The molecular formula is C13H15N3O4S2. The third kappa shape index (κ3) is 2.59. The van der Waals surface area contributed by atoms with Crippen molar-refractivity contribution in [1.82, 2.24) is 13.1 Å². The first-order valence-corrected chi connectivity index (χ1v) is 9.00. The van der Waals surface area contributed by atoms with E-state index >= 15 is 0 Å². The second-order valence-electron chi connectivity index (χ2n) is 5.09. The van der Waals surface area contributed by atoms with E-state index in [1.165, 1.54) is 11.4 Å². The van der Waals surface area contributed by atoms with Crippen molar-refractivity contribution in [2.45, 2.75) is 17.7 Å². The number of methoxy groups -OCH3 is 1. The quantitative estimate of drug-likeness (QED) is 0.781. The number of hydrogen-bond acceptors (Lipinski definition) is 7. The highest BCUT2D eigenvalue weighted by Crippen LogP contribution is 2.28. The number of aromatic nitrogens is 2. The van der Waals surface area contributed by atoms with Crippen molar-refractivity contribution >= 4 is 38.8 Å². The normalized spacial score (nSPS) is 17.7. The Kier molecular flexibility index (Phi) is 4.11. The fraction of sp³-hybridized carbons (Fsp3) is 0.462. The summed E-state index contributed by atoms with van der Waals surface area (Å²) in [5.41, 5.74) is 0.984. The second-order valence-corrected chi connectivity index (χ2v) is 7.52. The molecule has 1 aromatic carbocycles. The molecule has 0 N–H and O–H groups in total. The maximum atomic E-state index is 12.8. The van der Waals surface area contributed by atoms with Gasteiger partial charge >= 0.3 is 5.97 Å². The second kappa shape index (κ2) is 5.90. The summed E-state index contributed by atoms with van der Waals surface area (Å²) in [6.07, 6.45) is 0.939. The Balaban J connectivity index is 1.86. The fourth-order valence-electron chi connectivity index (χ4n) is 2.63. The average Bonchev–Trinajstić information content (AvgIpc) is 3.02. The van der Waals surface area contributed by atoms with E-state index in [0.717, 1.165) is 11.7 Å². The van der Waals surface area contributed by atoms with E-state index in [4.69, 9.17) is 4.74 Å². The molecule has 7 nitrogen and oxygen atoms in total. The van der Waals surface area contributed by atoms with Crippen LogP contribution in [-0.2, 0) is 19.6 Å². The van der Waals surface area contributed by atoms with E-state index in [-0.39, 0.29) is 16.8 Å². The van der Waals surface area contributed by atoms with Gasteiger partial charge in [-0.3, -0.25) is 4.79 Å². The number of nitrogens with zero attached hydrogens (tertiary/aromatic N) is 3. The van der Waals surface area contributed by atoms with E-state index in [1.54, 1.807) is 18.2 Å². The van der Waals surface area contributed by atoms with Crippen molar-refractivity contribution in [3.8, 4) is 0 Å². The molecule has 0 amide bonds. The summed E-state index contributed by atoms with van der Waals surface area (Å²) in [5.74, 6) is -0.504. The SMILES string of the molecule is COC(=O)C1CCN(S(=O)(=O)c2cccc3nsnc23)CC1. The van der Waals surface area contributed by atoms with E-state index < -0.39 is 10.0 Å². The number of ether oxygens (including phenoxy) is 1. The minimum Gasteiger partial charge on any atom is -0.469 e. The van der Waals surface area contributed by atoms with Crippen LogP contribution in [0, 0.1) is 5.92 Å². The van der Waals surface area contributed by atoms with Gasteiger partial charge in [-0.15, -0.1) is 0 Å². The molecule has 1 aliphatic heterocycles. The van der Waals surface area contributed by atoms with Crippen LogP contribution < -0.4 is 0 Å². The molecule has 0 radical (unpaired) electrons. The van der Waals surface area contributed by atoms with Gasteiger partial charge in [-0.1, -0.05) is 6.07 Å². The Hall–Kier alpha value is -1.58. The molecule has 2 aromatic rings.